The Labute approximate surface area is 130 Å². The van der Waals surface area contributed by atoms with Gasteiger partial charge in [-0.3, -0.25) is 14.5 Å². The molecule has 1 aromatic carbocycles. The van der Waals surface area contributed by atoms with Crippen molar-refractivity contribution in [3.63, 3.8) is 0 Å². The number of benzene rings is 1. The fourth-order valence-electron chi connectivity index (χ4n) is 3.04. The van der Waals surface area contributed by atoms with Crippen LogP contribution in [-0.4, -0.2) is 23.9 Å². The lowest BCUT2D eigenvalue weighted by Crippen LogP contribution is -2.65. The summed E-state index contributed by atoms with van der Waals surface area (Å²) in [7, 11) is 0. The molecule has 0 atom stereocenters. The van der Waals surface area contributed by atoms with E-state index < -0.39 is 5.54 Å². The molecule has 6 heteroatoms. The molecule has 1 saturated carbocycles. The predicted octanol–water partition coefficient (Wildman–Crippen LogP) is 2.88. The molecule has 1 aliphatic carbocycles. The average molecular weight is 358 g/mol. The van der Waals surface area contributed by atoms with Gasteiger partial charge in [-0.25, -0.2) is 0 Å². The maximum atomic E-state index is 12.8. The second-order valence-electron chi connectivity index (χ2n) is 5.32. The summed E-state index contributed by atoms with van der Waals surface area (Å²) in [6.45, 7) is 0.0246. The maximum absolute atomic E-state index is 12.8. The van der Waals surface area contributed by atoms with Gasteiger partial charge < -0.3 is 5.32 Å². The van der Waals surface area contributed by atoms with Crippen LogP contribution in [0.1, 0.15) is 25.7 Å². The van der Waals surface area contributed by atoms with E-state index in [0.717, 1.165) is 17.3 Å². The van der Waals surface area contributed by atoms with Crippen LogP contribution in [0.25, 0.3) is 0 Å². The molecule has 1 saturated heterocycles. The topological polar surface area (TPSA) is 49.4 Å². The number of hydrogen-bond acceptors (Lipinski definition) is 2. The molecule has 2 aliphatic rings. The molecule has 1 aromatic rings. The van der Waals surface area contributed by atoms with Crippen molar-refractivity contribution in [3.05, 3.63) is 27.7 Å². The van der Waals surface area contributed by atoms with Gasteiger partial charge in [0.05, 0.1) is 10.7 Å². The zero-order valence-electron chi connectivity index (χ0n) is 10.8. The van der Waals surface area contributed by atoms with Gasteiger partial charge in [0.15, 0.2) is 0 Å². The van der Waals surface area contributed by atoms with Gasteiger partial charge in [0.2, 0.25) is 5.91 Å². The van der Waals surface area contributed by atoms with E-state index in [4.69, 9.17) is 11.6 Å². The molecule has 1 heterocycles. The Morgan fingerprint density at radius 3 is 2.65 bits per heavy atom. The summed E-state index contributed by atoms with van der Waals surface area (Å²) in [5, 5.41) is 3.37. The third-order valence-electron chi connectivity index (χ3n) is 3.99. The number of rotatable bonds is 1. The first kappa shape index (κ1) is 13.9. The molecular weight excluding hydrogens is 344 g/mol. The zero-order chi connectivity index (χ0) is 14.3. The number of anilines is 1. The fraction of sp³-hybridized carbons (Fsp3) is 0.429. The third kappa shape index (κ3) is 2.23. The average Bonchev–Trinajstić information content (AvgIpc) is 2.86. The third-order valence-corrected chi connectivity index (χ3v) is 4.80. The van der Waals surface area contributed by atoms with Crippen LogP contribution >= 0.6 is 27.5 Å². The lowest BCUT2D eigenvalue weighted by molar-refractivity contribution is -0.135. The highest BCUT2D eigenvalue weighted by atomic mass is 79.9. The Kier molecular flexibility index (Phi) is 3.50. The fourth-order valence-corrected chi connectivity index (χ4v) is 3.61. The molecular formula is C14H14BrClN2O2. The summed E-state index contributed by atoms with van der Waals surface area (Å²) >= 11 is 9.57. The summed E-state index contributed by atoms with van der Waals surface area (Å²) in [5.74, 6) is -0.169. The Hall–Kier alpha value is -1.07. The first-order valence-electron chi connectivity index (χ1n) is 6.60. The van der Waals surface area contributed by atoms with Gasteiger partial charge in [-0.1, -0.05) is 40.4 Å². The van der Waals surface area contributed by atoms with E-state index in [9.17, 15) is 9.59 Å². The van der Waals surface area contributed by atoms with E-state index in [1.807, 2.05) is 6.07 Å². The van der Waals surface area contributed by atoms with Crippen LogP contribution in [0.4, 0.5) is 5.69 Å². The van der Waals surface area contributed by atoms with Crippen LogP contribution < -0.4 is 10.2 Å². The summed E-state index contributed by atoms with van der Waals surface area (Å²) in [6.07, 6.45) is 3.34. The van der Waals surface area contributed by atoms with E-state index in [-0.39, 0.29) is 18.4 Å². The molecule has 4 nitrogen and oxygen atoms in total. The second-order valence-corrected chi connectivity index (χ2v) is 6.65. The monoisotopic (exact) mass is 356 g/mol. The minimum Gasteiger partial charge on any atom is -0.340 e. The largest absolute Gasteiger partial charge is 0.340 e. The first-order chi connectivity index (χ1) is 9.52. The number of nitrogens with one attached hydrogen (secondary N) is 1. The molecule has 106 valence electrons. The number of carbonyl (C=O) groups excluding carboxylic acids is 2. The molecule has 1 aliphatic heterocycles. The highest BCUT2D eigenvalue weighted by molar-refractivity contribution is 9.10. The van der Waals surface area contributed by atoms with Gasteiger partial charge >= 0.3 is 0 Å². The normalized spacial score (nSPS) is 21.4. The molecule has 3 rings (SSSR count). The lowest BCUT2D eigenvalue weighted by Gasteiger charge is -2.40. The summed E-state index contributed by atoms with van der Waals surface area (Å²) in [4.78, 5) is 26.3. The van der Waals surface area contributed by atoms with Crippen molar-refractivity contribution in [2.24, 2.45) is 0 Å². The molecule has 20 heavy (non-hydrogen) atoms. The molecule has 1 N–H and O–H groups in total. The summed E-state index contributed by atoms with van der Waals surface area (Å²) < 4.78 is 0.830. The van der Waals surface area contributed by atoms with Crippen LogP contribution in [0, 0.1) is 0 Å². The molecule has 0 bridgehead atoms. The van der Waals surface area contributed by atoms with E-state index in [1.165, 1.54) is 4.90 Å². The second kappa shape index (κ2) is 5.04. The van der Waals surface area contributed by atoms with Crippen LogP contribution in [0.5, 0.6) is 0 Å². The number of amides is 2. The lowest BCUT2D eigenvalue weighted by atomic mass is 9.92. The SMILES string of the molecule is O=C1CN(c2cc(Br)ccc2Cl)C(=O)C2(CCCC2)N1. The minimum atomic E-state index is -0.721. The standard InChI is InChI=1S/C14H14BrClN2O2/c15-9-3-4-10(16)11(7-9)18-8-12(19)17-14(13(18)20)5-1-2-6-14/h3-4,7H,1-2,5-6,8H2,(H,17,19). The molecule has 0 unspecified atom stereocenters. The van der Waals surface area contributed by atoms with Gasteiger partial charge in [-0.05, 0) is 31.0 Å². The first-order valence-corrected chi connectivity index (χ1v) is 7.77. The van der Waals surface area contributed by atoms with Crippen LogP contribution in [0.3, 0.4) is 0 Å². The van der Waals surface area contributed by atoms with E-state index >= 15 is 0 Å². The van der Waals surface area contributed by atoms with Crippen LogP contribution in [0.2, 0.25) is 5.02 Å². The smallest absolute Gasteiger partial charge is 0.253 e. The molecule has 1 spiro atoms. The number of halogens is 2. The Morgan fingerprint density at radius 1 is 1.25 bits per heavy atom. The van der Waals surface area contributed by atoms with Gasteiger partial charge in [-0.2, -0.15) is 0 Å². The van der Waals surface area contributed by atoms with Crippen molar-refractivity contribution < 1.29 is 9.59 Å². The van der Waals surface area contributed by atoms with Crippen LogP contribution in [0.15, 0.2) is 22.7 Å². The van der Waals surface area contributed by atoms with Crippen molar-refractivity contribution in [1.29, 1.82) is 0 Å². The van der Waals surface area contributed by atoms with Crippen LogP contribution in [-0.2, 0) is 9.59 Å². The Balaban J connectivity index is 2.02. The van der Waals surface area contributed by atoms with Crippen molar-refractivity contribution in [1.82, 2.24) is 5.32 Å². The molecule has 2 amide bonds. The summed E-state index contributed by atoms with van der Waals surface area (Å²) in [6, 6.07) is 5.31. The Bertz CT molecular complexity index is 585. The maximum Gasteiger partial charge on any atom is 0.253 e. The van der Waals surface area contributed by atoms with E-state index in [0.29, 0.717) is 23.6 Å². The number of carbonyl (C=O) groups is 2. The van der Waals surface area contributed by atoms with Crippen molar-refractivity contribution in [3.8, 4) is 0 Å². The minimum absolute atomic E-state index is 0.0246. The zero-order valence-corrected chi connectivity index (χ0v) is 13.1. The predicted molar refractivity (Wildman–Crippen MR) is 80.8 cm³/mol. The van der Waals surface area contributed by atoms with Crippen molar-refractivity contribution in [2.45, 2.75) is 31.2 Å². The van der Waals surface area contributed by atoms with Gasteiger partial charge in [0, 0.05) is 4.47 Å². The summed E-state index contributed by atoms with van der Waals surface area (Å²) in [5.41, 5.74) is -0.131. The Morgan fingerprint density at radius 2 is 1.95 bits per heavy atom. The quantitative estimate of drug-likeness (QED) is 0.840. The van der Waals surface area contributed by atoms with Crippen molar-refractivity contribution >= 4 is 45.0 Å². The van der Waals surface area contributed by atoms with Crippen molar-refractivity contribution in [2.75, 3.05) is 11.4 Å². The molecule has 0 radical (unpaired) electrons. The van der Waals surface area contributed by atoms with Gasteiger partial charge in [0.1, 0.15) is 12.1 Å². The highest BCUT2D eigenvalue weighted by Crippen LogP contribution is 2.37. The number of nitrogens with zero attached hydrogens (tertiary/aromatic N) is 1. The van der Waals surface area contributed by atoms with E-state index in [1.54, 1.807) is 12.1 Å². The highest BCUT2D eigenvalue weighted by Gasteiger charge is 2.48. The van der Waals surface area contributed by atoms with E-state index in [2.05, 4.69) is 21.2 Å². The van der Waals surface area contributed by atoms with Gasteiger partial charge in [-0.15, -0.1) is 0 Å². The number of hydrogen-bond donors (Lipinski definition) is 1. The molecule has 2 fully saturated rings. The molecule has 0 aromatic heterocycles. The number of piperazine rings is 1. The van der Waals surface area contributed by atoms with Gasteiger partial charge in [0.25, 0.3) is 5.91 Å².